The van der Waals surface area contributed by atoms with Gasteiger partial charge in [0, 0.05) is 11.6 Å². The number of nitrogens with one attached hydrogen (secondary N) is 1. The second-order valence-corrected chi connectivity index (χ2v) is 3.52. The molecule has 0 aliphatic carbocycles. The van der Waals surface area contributed by atoms with E-state index in [4.69, 9.17) is 4.79 Å². The van der Waals surface area contributed by atoms with Crippen molar-refractivity contribution in [1.82, 2.24) is 4.98 Å². The zero-order chi connectivity index (χ0) is 16.0. The zero-order valence-corrected chi connectivity index (χ0v) is 10.5. The van der Waals surface area contributed by atoms with Gasteiger partial charge in [0.15, 0.2) is 0 Å². The van der Waals surface area contributed by atoms with Crippen LogP contribution in [0.25, 0.3) is 10.9 Å². The van der Waals surface area contributed by atoms with Gasteiger partial charge in [0.25, 0.3) is 12.2 Å². The van der Waals surface area contributed by atoms with Gasteiger partial charge in [-0.15, -0.1) is 13.2 Å². The Labute approximate surface area is 115 Å². The van der Waals surface area contributed by atoms with Crippen LogP contribution < -0.4 is 4.74 Å². The lowest BCUT2D eigenvalue weighted by Crippen LogP contribution is -2.17. The van der Waals surface area contributed by atoms with E-state index in [1.807, 2.05) is 0 Å². The molecule has 7 nitrogen and oxygen atoms in total. The number of nitro groups is 1. The van der Waals surface area contributed by atoms with Gasteiger partial charge >= 0.3 is 6.36 Å². The van der Waals surface area contributed by atoms with Gasteiger partial charge in [-0.1, -0.05) is 0 Å². The Balaban J connectivity index is 0.000000491. The molecule has 21 heavy (non-hydrogen) atoms. The summed E-state index contributed by atoms with van der Waals surface area (Å²) < 4.78 is 43.5. The van der Waals surface area contributed by atoms with E-state index in [2.05, 4.69) is 14.5 Å². The Kier molecular flexibility index (Phi) is 5.11. The van der Waals surface area contributed by atoms with Crippen molar-refractivity contribution >= 4 is 23.1 Å². The number of ether oxygens (including phenoxy) is 2. The summed E-state index contributed by atoms with van der Waals surface area (Å²) in [4.78, 5) is 21.4. The number of non-ortho nitro benzene ring substituents is 1. The predicted octanol–water partition coefficient (Wildman–Crippen LogP) is 2.76. The number of carbonyl (C=O) groups excluding carboxylic acids is 1. The highest BCUT2D eigenvalue weighted by Crippen LogP contribution is 2.32. The quantitative estimate of drug-likeness (QED) is 0.534. The fourth-order valence-electron chi connectivity index (χ4n) is 1.46. The SMILES string of the molecule is COC=O.O=[N+]([O-])c1cc(OC(F)(F)F)cc2cc[nH]c12. The predicted molar refractivity (Wildman–Crippen MR) is 64.7 cm³/mol. The molecule has 0 bridgehead atoms. The van der Waals surface area contributed by atoms with E-state index in [0.29, 0.717) is 6.47 Å². The highest BCUT2D eigenvalue weighted by Gasteiger charge is 2.32. The summed E-state index contributed by atoms with van der Waals surface area (Å²) in [5, 5.41) is 11.0. The Hall–Kier alpha value is -2.78. The molecule has 0 spiro atoms. The number of carbonyl (C=O) groups is 1. The molecule has 0 saturated carbocycles. The summed E-state index contributed by atoms with van der Waals surface area (Å²) in [6.45, 7) is 0.375. The lowest BCUT2D eigenvalue weighted by molar-refractivity contribution is -0.383. The number of aromatic amines is 1. The van der Waals surface area contributed by atoms with E-state index in [-0.39, 0.29) is 10.9 Å². The number of hydrogen-bond acceptors (Lipinski definition) is 5. The van der Waals surface area contributed by atoms with Crippen LogP contribution in [0.1, 0.15) is 0 Å². The van der Waals surface area contributed by atoms with Crippen LogP contribution in [0.15, 0.2) is 24.4 Å². The maximum atomic E-state index is 12.0. The van der Waals surface area contributed by atoms with E-state index >= 15 is 0 Å². The number of benzene rings is 1. The Morgan fingerprint density at radius 2 is 2.00 bits per heavy atom. The number of H-pyrrole nitrogens is 1. The Morgan fingerprint density at radius 3 is 2.48 bits per heavy atom. The number of aromatic nitrogens is 1. The minimum absolute atomic E-state index is 0.157. The molecular weight excluding hydrogens is 297 g/mol. The molecule has 10 heteroatoms. The van der Waals surface area contributed by atoms with Crippen LogP contribution in [0, 0.1) is 10.1 Å². The first-order valence-corrected chi connectivity index (χ1v) is 5.26. The molecule has 0 aliphatic heterocycles. The second-order valence-electron chi connectivity index (χ2n) is 3.52. The molecule has 0 aliphatic rings. The molecule has 0 fully saturated rings. The lowest BCUT2D eigenvalue weighted by atomic mass is 10.2. The van der Waals surface area contributed by atoms with Crippen molar-refractivity contribution in [2.75, 3.05) is 7.11 Å². The molecule has 1 aromatic heterocycles. The number of rotatable bonds is 3. The first-order valence-electron chi connectivity index (χ1n) is 5.26. The molecule has 1 N–H and O–H groups in total. The molecule has 0 unspecified atom stereocenters. The van der Waals surface area contributed by atoms with Gasteiger partial charge in [-0.05, 0) is 12.1 Å². The van der Waals surface area contributed by atoms with E-state index in [9.17, 15) is 23.3 Å². The van der Waals surface area contributed by atoms with Crippen LogP contribution in [0.2, 0.25) is 0 Å². The standard InChI is InChI=1S/C9H5F3N2O3.C2H4O2/c10-9(11,12)17-6-3-5-1-2-13-8(5)7(4-6)14(15)16;1-4-2-3/h1-4,13H;2H,1H3. The van der Waals surface area contributed by atoms with Crippen molar-refractivity contribution in [3.63, 3.8) is 0 Å². The number of nitrogens with zero attached hydrogens (tertiary/aromatic N) is 1. The number of halogens is 3. The van der Waals surface area contributed by atoms with Crippen LogP contribution in [0.5, 0.6) is 5.75 Å². The third-order valence-corrected chi connectivity index (χ3v) is 2.14. The number of fused-ring (bicyclic) bond motifs is 1. The molecule has 2 rings (SSSR count). The topological polar surface area (TPSA) is 94.5 Å². The van der Waals surface area contributed by atoms with Gasteiger partial charge in [0.1, 0.15) is 11.3 Å². The summed E-state index contributed by atoms with van der Waals surface area (Å²) in [6.07, 6.45) is -3.48. The molecular formula is C11H9F3N2O5. The average molecular weight is 306 g/mol. The minimum atomic E-state index is -4.88. The summed E-state index contributed by atoms with van der Waals surface area (Å²) in [6, 6.07) is 3.23. The average Bonchev–Trinajstić information content (AvgIpc) is 2.84. The third-order valence-electron chi connectivity index (χ3n) is 2.14. The summed E-state index contributed by atoms with van der Waals surface area (Å²) in [5.74, 6) is -0.615. The normalized spacial score (nSPS) is 10.5. The van der Waals surface area contributed by atoms with Crippen LogP contribution >= 0.6 is 0 Å². The number of alkyl halides is 3. The maximum absolute atomic E-state index is 12.0. The molecule has 0 amide bonds. The molecule has 2 aromatic rings. The molecule has 0 saturated heterocycles. The van der Waals surface area contributed by atoms with Gasteiger partial charge in [-0.25, -0.2) is 0 Å². The summed E-state index contributed by atoms with van der Waals surface area (Å²) in [5.41, 5.74) is -0.309. The van der Waals surface area contributed by atoms with Crippen LogP contribution in [-0.2, 0) is 9.53 Å². The fourth-order valence-corrected chi connectivity index (χ4v) is 1.46. The third kappa shape index (κ3) is 4.67. The monoisotopic (exact) mass is 306 g/mol. The molecule has 0 radical (unpaired) electrons. The minimum Gasteiger partial charge on any atom is -0.471 e. The van der Waals surface area contributed by atoms with Gasteiger partial charge in [-0.2, -0.15) is 0 Å². The zero-order valence-electron chi connectivity index (χ0n) is 10.5. The number of nitro benzene ring substituents is 1. The van der Waals surface area contributed by atoms with Crippen molar-refractivity contribution in [2.45, 2.75) is 6.36 Å². The van der Waals surface area contributed by atoms with Crippen LogP contribution in [-0.4, -0.2) is 29.9 Å². The smallest absolute Gasteiger partial charge is 0.471 e. The Bertz CT molecular complexity index is 638. The molecule has 1 heterocycles. The van der Waals surface area contributed by atoms with Crippen molar-refractivity contribution < 1.29 is 32.4 Å². The van der Waals surface area contributed by atoms with Crippen molar-refractivity contribution in [3.8, 4) is 5.75 Å². The van der Waals surface area contributed by atoms with Crippen molar-refractivity contribution in [3.05, 3.63) is 34.5 Å². The second kappa shape index (κ2) is 6.59. The molecule has 1 aromatic carbocycles. The highest BCUT2D eigenvalue weighted by atomic mass is 19.4. The largest absolute Gasteiger partial charge is 0.573 e. The van der Waals surface area contributed by atoms with E-state index < -0.39 is 22.7 Å². The van der Waals surface area contributed by atoms with Gasteiger partial charge in [-0.3, -0.25) is 14.9 Å². The van der Waals surface area contributed by atoms with Gasteiger partial charge < -0.3 is 14.5 Å². The highest BCUT2D eigenvalue weighted by molar-refractivity contribution is 5.89. The van der Waals surface area contributed by atoms with Crippen LogP contribution in [0.4, 0.5) is 18.9 Å². The molecule has 114 valence electrons. The Morgan fingerprint density at radius 1 is 1.38 bits per heavy atom. The van der Waals surface area contributed by atoms with E-state index in [1.54, 1.807) is 0 Å². The fraction of sp³-hybridized carbons (Fsp3) is 0.182. The van der Waals surface area contributed by atoms with Gasteiger partial charge in [0.2, 0.25) is 0 Å². The number of hydrogen-bond donors (Lipinski definition) is 1. The van der Waals surface area contributed by atoms with Crippen molar-refractivity contribution in [1.29, 1.82) is 0 Å². The van der Waals surface area contributed by atoms with Gasteiger partial charge in [0.05, 0.1) is 18.1 Å². The van der Waals surface area contributed by atoms with Crippen LogP contribution in [0.3, 0.4) is 0 Å². The molecule has 0 atom stereocenters. The summed E-state index contributed by atoms with van der Waals surface area (Å²) in [7, 11) is 1.31. The van der Waals surface area contributed by atoms with E-state index in [1.165, 1.54) is 19.4 Å². The summed E-state index contributed by atoms with van der Waals surface area (Å²) >= 11 is 0. The maximum Gasteiger partial charge on any atom is 0.573 e. The van der Waals surface area contributed by atoms with E-state index in [0.717, 1.165) is 12.1 Å². The number of methoxy groups -OCH3 is 1. The first-order chi connectivity index (χ1) is 9.78. The first kappa shape index (κ1) is 16.3. The lowest BCUT2D eigenvalue weighted by Gasteiger charge is -2.08. The van der Waals surface area contributed by atoms with Crippen molar-refractivity contribution in [2.24, 2.45) is 0 Å².